The van der Waals surface area contributed by atoms with E-state index in [1.165, 1.54) is 6.20 Å². The van der Waals surface area contributed by atoms with Gasteiger partial charge < -0.3 is 25.6 Å². The summed E-state index contributed by atoms with van der Waals surface area (Å²) in [5.74, 6) is -0.891. The molecule has 0 saturated carbocycles. The number of hydrogen-bond donors (Lipinski definition) is 4. The molecular formula is C20H19F3N6O4. The molecule has 2 aromatic heterocycles. The molecule has 1 aliphatic rings. The second-order valence-electron chi connectivity index (χ2n) is 7.35. The fraction of sp³-hybridized carbons (Fsp3) is 0.350. The van der Waals surface area contributed by atoms with E-state index < -0.39 is 42.1 Å². The monoisotopic (exact) mass is 464 g/mol. The van der Waals surface area contributed by atoms with Crippen LogP contribution >= 0.6 is 0 Å². The maximum atomic E-state index is 12.8. The lowest BCUT2D eigenvalue weighted by Crippen LogP contribution is -2.58. The first-order valence-corrected chi connectivity index (χ1v) is 9.86. The molecule has 3 aromatic rings. The number of benzene rings is 1. The predicted octanol–water partition coefficient (Wildman–Crippen LogP) is 0.770. The topological polar surface area (TPSA) is 142 Å². The van der Waals surface area contributed by atoms with E-state index in [0.717, 1.165) is 11.6 Å². The molecule has 4 rings (SSSR count). The van der Waals surface area contributed by atoms with Crippen LogP contribution in [-0.2, 0) is 10.9 Å². The van der Waals surface area contributed by atoms with Crippen LogP contribution in [0.3, 0.4) is 0 Å². The van der Waals surface area contributed by atoms with Crippen LogP contribution in [0.1, 0.15) is 16.3 Å². The molecule has 3 heterocycles. The van der Waals surface area contributed by atoms with Crippen LogP contribution < -0.4 is 10.6 Å². The molecule has 174 valence electrons. The molecule has 0 unspecified atom stereocenters. The van der Waals surface area contributed by atoms with Crippen molar-refractivity contribution in [1.82, 2.24) is 25.3 Å². The predicted molar refractivity (Wildman–Crippen MR) is 108 cm³/mol. The first-order chi connectivity index (χ1) is 15.7. The maximum absolute atomic E-state index is 12.8. The van der Waals surface area contributed by atoms with E-state index in [-0.39, 0.29) is 24.8 Å². The fourth-order valence-electron chi connectivity index (χ4n) is 3.31. The minimum absolute atomic E-state index is 0.0674. The van der Waals surface area contributed by atoms with Crippen molar-refractivity contribution in [3.63, 3.8) is 0 Å². The van der Waals surface area contributed by atoms with Gasteiger partial charge in [0.2, 0.25) is 5.82 Å². The Morgan fingerprint density at radius 1 is 1.12 bits per heavy atom. The van der Waals surface area contributed by atoms with Crippen LogP contribution in [0.2, 0.25) is 0 Å². The summed E-state index contributed by atoms with van der Waals surface area (Å²) in [5.41, 5.74) is -0.607. The average molecular weight is 464 g/mol. The van der Waals surface area contributed by atoms with Crippen molar-refractivity contribution in [2.75, 3.05) is 18.5 Å². The second kappa shape index (κ2) is 9.21. The quantitative estimate of drug-likeness (QED) is 0.431. The van der Waals surface area contributed by atoms with Crippen molar-refractivity contribution in [2.24, 2.45) is 0 Å². The number of nitrogens with zero attached hydrogens (tertiary/aromatic N) is 4. The number of aliphatic hydroxyl groups excluding tert-OH is 2. The molecule has 1 aliphatic heterocycles. The van der Waals surface area contributed by atoms with Crippen molar-refractivity contribution >= 4 is 22.6 Å². The molecule has 0 aliphatic carbocycles. The van der Waals surface area contributed by atoms with Crippen molar-refractivity contribution < 1.29 is 32.9 Å². The first-order valence-electron chi connectivity index (χ1n) is 9.86. The summed E-state index contributed by atoms with van der Waals surface area (Å²) < 4.78 is 43.9. The summed E-state index contributed by atoms with van der Waals surface area (Å²) >= 11 is 0. The third-order valence-corrected chi connectivity index (χ3v) is 5.05. The van der Waals surface area contributed by atoms with Crippen LogP contribution in [0, 0.1) is 0 Å². The number of rotatable bonds is 5. The zero-order valence-electron chi connectivity index (χ0n) is 16.9. The number of carbonyl (C=O) groups is 1. The van der Waals surface area contributed by atoms with Gasteiger partial charge in [-0.25, -0.2) is 15.0 Å². The normalized spacial score (nSPS) is 23.3. The lowest BCUT2D eigenvalue weighted by Gasteiger charge is -2.38. The van der Waals surface area contributed by atoms with Crippen LogP contribution in [-0.4, -0.2) is 73.6 Å². The Hall–Kier alpha value is -3.42. The smallest absolute Gasteiger partial charge is 0.388 e. The Balaban J connectivity index is 1.34. The summed E-state index contributed by atoms with van der Waals surface area (Å²) in [6.45, 7) is -0.313. The van der Waals surface area contributed by atoms with Gasteiger partial charge in [-0.1, -0.05) is 18.2 Å². The van der Waals surface area contributed by atoms with Gasteiger partial charge in [0.25, 0.3) is 5.91 Å². The van der Waals surface area contributed by atoms with E-state index in [1.54, 1.807) is 18.2 Å². The largest absolute Gasteiger partial charge is 0.434 e. The van der Waals surface area contributed by atoms with Crippen molar-refractivity contribution in [3.8, 4) is 0 Å². The Labute approximate surface area is 184 Å². The van der Waals surface area contributed by atoms with Gasteiger partial charge in [-0.15, -0.1) is 0 Å². The number of para-hydroxylation sites is 1. The number of ether oxygens (including phenoxy) is 1. The molecule has 0 radical (unpaired) electrons. The number of hydrogen-bond acceptors (Lipinski definition) is 9. The van der Waals surface area contributed by atoms with E-state index in [9.17, 15) is 28.2 Å². The molecule has 1 aromatic carbocycles. The third kappa shape index (κ3) is 5.16. The standard InChI is InChI=1S/C20H19F3N6O4/c21-20(22,23)14-7-24-8-15(29-14)27-12-9-33-13(17(31)16(12)30)6-26-19(32)18-25-5-10-3-1-2-4-11(10)28-18/h1-5,7-8,12-13,16-17,30-31H,6,9H2,(H,26,32)(H,27,29)/t12-,13+,16+,17-/m0/s1. The zero-order valence-corrected chi connectivity index (χ0v) is 16.9. The van der Waals surface area contributed by atoms with Crippen LogP contribution in [0.25, 0.3) is 10.9 Å². The lowest BCUT2D eigenvalue weighted by molar-refractivity contribution is -0.141. The van der Waals surface area contributed by atoms with E-state index in [1.807, 2.05) is 6.07 Å². The number of alkyl halides is 3. The SMILES string of the molecule is O=C(NC[C@H]1OC[C@H](Nc2cncc(C(F)(F)F)n2)[C@@H](O)[C@H]1O)c1ncc2ccccc2n1. The number of nitrogens with one attached hydrogen (secondary N) is 2. The number of fused-ring (bicyclic) bond motifs is 1. The number of aromatic nitrogens is 4. The Morgan fingerprint density at radius 2 is 1.91 bits per heavy atom. The molecular weight excluding hydrogens is 445 g/mol. The number of amides is 1. The lowest BCUT2D eigenvalue weighted by atomic mass is 9.98. The maximum Gasteiger partial charge on any atom is 0.434 e. The van der Waals surface area contributed by atoms with Gasteiger partial charge in [-0.2, -0.15) is 13.2 Å². The van der Waals surface area contributed by atoms with Gasteiger partial charge in [0.15, 0.2) is 5.69 Å². The molecule has 13 heteroatoms. The molecule has 1 amide bonds. The Kier molecular flexibility index (Phi) is 6.35. The van der Waals surface area contributed by atoms with E-state index >= 15 is 0 Å². The highest BCUT2D eigenvalue weighted by Gasteiger charge is 2.39. The molecule has 0 bridgehead atoms. The Morgan fingerprint density at radius 3 is 2.70 bits per heavy atom. The second-order valence-corrected chi connectivity index (χ2v) is 7.35. The van der Waals surface area contributed by atoms with E-state index in [0.29, 0.717) is 11.7 Å². The number of carbonyl (C=O) groups excluding carboxylic acids is 1. The molecule has 10 nitrogen and oxygen atoms in total. The highest BCUT2D eigenvalue weighted by molar-refractivity contribution is 5.92. The molecule has 4 atom stereocenters. The van der Waals surface area contributed by atoms with Crippen LogP contribution in [0.5, 0.6) is 0 Å². The zero-order chi connectivity index (χ0) is 23.6. The average Bonchev–Trinajstić information content (AvgIpc) is 2.80. The van der Waals surface area contributed by atoms with Crippen molar-refractivity contribution in [2.45, 2.75) is 30.5 Å². The number of aliphatic hydroxyl groups is 2. The molecule has 1 fully saturated rings. The fourth-order valence-corrected chi connectivity index (χ4v) is 3.31. The summed E-state index contributed by atoms with van der Waals surface area (Å²) in [6.07, 6.45) is -5.34. The highest BCUT2D eigenvalue weighted by atomic mass is 19.4. The van der Waals surface area contributed by atoms with Gasteiger partial charge in [-0.05, 0) is 6.07 Å². The highest BCUT2D eigenvalue weighted by Crippen LogP contribution is 2.28. The molecule has 4 N–H and O–H groups in total. The summed E-state index contributed by atoms with van der Waals surface area (Å²) in [6, 6.07) is 6.19. The molecule has 0 spiro atoms. The summed E-state index contributed by atoms with van der Waals surface area (Å²) in [7, 11) is 0. The van der Waals surface area contributed by atoms with E-state index in [4.69, 9.17) is 4.74 Å². The summed E-state index contributed by atoms with van der Waals surface area (Å²) in [5, 5.41) is 26.7. The first kappa shape index (κ1) is 22.8. The van der Waals surface area contributed by atoms with Gasteiger partial charge in [-0.3, -0.25) is 9.78 Å². The third-order valence-electron chi connectivity index (χ3n) is 5.05. The molecule has 33 heavy (non-hydrogen) atoms. The molecule has 1 saturated heterocycles. The van der Waals surface area contributed by atoms with Crippen LogP contribution in [0.15, 0.2) is 42.9 Å². The summed E-state index contributed by atoms with van der Waals surface area (Å²) in [4.78, 5) is 27.5. The van der Waals surface area contributed by atoms with E-state index in [2.05, 4.69) is 30.6 Å². The number of anilines is 1. The van der Waals surface area contributed by atoms with Crippen LogP contribution in [0.4, 0.5) is 19.0 Å². The minimum atomic E-state index is -4.68. The number of halogens is 3. The van der Waals surface area contributed by atoms with Gasteiger partial charge >= 0.3 is 6.18 Å². The van der Waals surface area contributed by atoms with Gasteiger partial charge in [0.05, 0.1) is 30.6 Å². The van der Waals surface area contributed by atoms with Gasteiger partial charge in [0, 0.05) is 18.1 Å². The van der Waals surface area contributed by atoms with Crippen molar-refractivity contribution in [1.29, 1.82) is 0 Å². The Bertz CT molecular complexity index is 1150. The van der Waals surface area contributed by atoms with Crippen molar-refractivity contribution in [3.05, 3.63) is 54.4 Å². The van der Waals surface area contributed by atoms with Gasteiger partial charge in [0.1, 0.15) is 24.1 Å². The minimum Gasteiger partial charge on any atom is -0.388 e.